The highest BCUT2D eigenvalue weighted by molar-refractivity contribution is 7.99. The maximum absolute atomic E-state index is 12.8. The van der Waals surface area contributed by atoms with Gasteiger partial charge in [0.25, 0.3) is 11.8 Å². The molecule has 2 saturated heterocycles. The molecule has 170 valence electrons. The lowest BCUT2D eigenvalue weighted by Gasteiger charge is -2.35. The van der Waals surface area contributed by atoms with Crippen LogP contribution in [0.1, 0.15) is 23.2 Å². The molecule has 11 nitrogen and oxygen atoms in total. The first-order chi connectivity index (χ1) is 15.5. The Labute approximate surface area is 189 Å². The molecule has 1 N–H and O–H groups in total. The number of rotatable bonds is 6. The van der Waals surface area contributed by atoms with Crippen molar-refractivity contribution in [2.24, 2.45) is 7.05 Å². The van der Waals surface area contributed by atoms with Gasteiger partial charge in [-0.3, -0.25) is 14.4 Å². The Bertz CT molecular complexity index is 967. The Kier molecular flexibility index (Phi) is 7.00. The van der Waals surface area contributed by atoms with E-state index in [2.05, 4.69) is 20.8 Å². The summed E-state index contributed by atoms with van der Waals surface area (Å²) >= 11 is 1.24. The van der Waals surface area contributed by atoms with Gasteiger partial charge in [-0.05, 0) is 47.5 Å². The topological polar surface area (TPSA) is 123 Å². The third-order valence-corrected chi connectivity index (χ3v) is 6.42. The first-order valence-electron chi connectivity index (χ1n) is 10.5. The zero-order valence-corrected chi connectivity index (χ0v) is 18.6. The van der Waals surface area contributed by atoms with Gasteiger partial charge in [-0.25, -0.2) is 4.68 Å². The van der Waals surface area contributed by atoms with Gasteiger partial charge in [0.2, 0.25) is 11.1 Å². The fraction of sp³-hybridized carbons (Fsp3) is 0.500. The number of hydrogen-bond acceptors (Lipinski definition) is 8. The molecule has 1 aromatic carbocycles. The van der Waals surface area contributed by atoms with E-state index in [1.54, 1.807) is 41.1 Å². The third-order valence-electron chi connectivity index (χ3n) is 5.41. The molecule has 3 amide bonds. The first kappa shape index (κ1) is 22.2. The predicted molar refractivity (Wildman–Crippen MR) is 116 cm³/mol. The first-order valence-corrected chi connectivity index (χ1v) is 11.4. The number of anilines is 1. The number of ether oxygens (including phenoxy) is 1. The van der Waals surface area contributed by atoms with Crippen molar-refractivity contribution in [2.75, 3.05) is 43.9 Å². The van der Waals surface area contributed by atoms with E-state index in [0.717, 1.165) is 12.8 Å². The molecule has 0 aliphatic carbocycles. The van der Waals surface area contributed by atoms with Crippen molar-refractivity contribution in [3.8, 4) is 0 Å². The third kappa shape index (κ3) is 5.25. The average Bonchev–Trinajstić information content (AvgIpc) is 3.49. The summed E-state index contributed by atoms with van der Waals surface area (Å²) in [6.07, 6.45) is 1.37. The maximum atomic E-state index is 12.8. The minimum Gasteiger partial charge on any atom is -0.368 e. The fourth-order valence-corrected chi connectivity index (χ4v) is 4.31. The van der Waals surface area contributed by atoms with Gasteiger partial charge in [0, 0.05) is 51.1 Å². The van der Waals surface area contributed by atoms with Crippen molar-refractivity contribution in [1.29, 1.82) is 0 Å². The number of aromatic nitrogens is 4. The monoisotopic (exact) mass is 459 g/mol. The Morgan fingerprint density at radius 2 is 1.84 bits per heavy atom. The molecule has 2 aliphatic heterocycles. The summed E-state index contributed by atoms with van der Waals surface area (Å²) in [4.78, 5) is 40.9. The van der Waals surface area contributed by atoms with Crippen molar-refractivity contribution in [3.05, 3.63) is 29.8 Å². The van der Waals surface area contributed by atoms with E-state index < -0.39 is 0 Å². The zero-order chi connectivity index (χ0) is 22.5. The summed E-state index contributed by atoms with van der Waals surface area (Å²) in [5.74, 6) is -0.0751. The second-order valence-electron chi connectivity index (χ2n) is 7.62. The number of aryl methyl sites for hydroxylation is 1. The number of hydrogen-bond donors (Lipinski definition) is 1. The minimum absolute atomic E-state index is 0.0308. The largest absolute Gasteiger partial charge is 0.368 e. The highest BCUT2D eigenvalue weighted by atomic mass is 32.2. The molecule has 3 heterocycles. The summed E-state index contributed by atoms with van der Waals surface area (Å²) in [5.41, 5.74) is 1.15. The van der Waals surface area contributed by atoms with Crippen molar-refractivity contribution in [3.63, 3.8) is 0 Å². The molecule has 0 spiro atoms. The predicted octanol–water partition coefficient (Wildman–Crippen LogP) is 0.404. The van der Waals surface area contributed by atoms with E-state index in [1.165, 1.54) is 16.4 Å². The van der Waals surface area contributed by atoms with Crippen LogP contribution in [-0.4, -0.2) is 92.4 Å². The van der Waals surface area contributed by atoms with E-state index in [9.17, 15) is 14.4 Å². The number of amides is 3. The Morgan fingerprint density at radius 1 is 1.12 bits per heavy atom. The number of thioether (sulfide) groups is 1. The molecule has 12 heteroatoms. The van der Waals surface area contributed by atoms with Crippen LogP contribution < -0.4 is 5.32 Å². The fourth-order valence-electron chi connectivity index (χ4n) is 3.66. The van der Waals surface area contributed by atoms with Crippen molar-refractivity contribution < 1.29 is 19.1 Å². The quantitative estimate of drug-likeness (QED) is 0.616. The van der Waals surface area contributed by atoms with Crippen molar-refractivity contribution in [1.82, 2.24) is 30.0 Å². The van der Waals surface area contributed by atoms with Gasteiger partial charge < -0.3 is 19.9 Å². The number of carbonyl (C=O) groups is 3. The van der Waals surface area contributed by atoms with Crippen LogP contribution in [0, 0.1) is 0 Å². The van der Waals surface area contributed by atoms with Gasteiger partial charge in [-0.1, -0.05) is 11.8 Å². The SMILES string of the molecule is Cn1nnnc1SCC(=O)Nc1ccc(C(=O)N2CCN(C(=O)C3CCCO3)CC2)cc1. The molecular formula is C20H25N7O4S. The molecule has 0 radical (unpaired) electrons. The van der Waals surface area contributed by atoms with Crippen LogP contribution in [-0.2, 0) is 21.4 Å². The molecule has 0 saturated carbocycles. The Balaban J connectivity index is 1.24. The van der Waals surface area contributed by atoms with Crippen LogP contribution >= 0.6 is 11.8 Å². The number of benzene rings is 1. The maximum Gasteiger partial charge on any atom is 0.253 e. The summed E-state index contributed by atoms with van der Waals surface area (Å²) in [7, 11) is 1.71. The summed E-state index contributed by atoms with van der Waals surface area (Å²) in [6.45, 7) is 2.64. The van der Waals surface area contributed by atoms with Crippen LogP contribution in [0.3, 0.4) is 0 Å². The highest BCUT2D eigenvalue weighted by Gasteiger charge is 2.31. The van der Waals surface area contributed by atoms with Crippen LogP contribution in [0.5, 0.6) is 0 Å². The number of carbonyl (C=O) groups excluding carboxylic acids is 3. The highest BCUT2D eigenvalue weighted by Crippen LogP contribution is 2.18. The van der Waals surface area contributed by atoms with E-state index in [0.29, 0.717) is 49.2 Å². The zero-order valence-electron chi connectivity index (χ0n) is 17.8. The second kappa shape index (κ2) is 10.1. The van der Waals surface area contributed by atoms with E-state index >= 15 is 0 Å². The van der Waals surface area contributed by atoms with Crippen LogP contribution in [0.15, 0.2) is 29.4 Å². The number of nitrogens with one attached hydrogen (secondary N) is 1. The van der Waals surface area contributed by atoms with E-state index in [4.69, 9.17) is 4.74 Å². The van der Waals surface area contributed by atoms with Crippen LogP contribution in [0.2, 0.25) is 0 Å². The molecule has 1 unspecified atom stereocenters. The lowest BCUT2D eigenvalue weighted by molar-refractivity contribution is -0.142. The molecular weight excluding hydrogens is 434 g/mol. The summed E-state index contributed by atoms with van der Waals surface area (Å²) in [5, 5.41) is 14.4. The second-order valence-corrected chi connectivity index (χ2v) is 8.56. The molecule has 2 aromatic rings. The number of tetrazole rings is 1. The molecule has 1 aromatic heterocycles. The molecule has 1 atom stereocenters. The number of piperazine rings is 1. The van der Waals surface area contributed by atoms with Crippen LogP contribution in [0.25, 0.3) is 0 Å². The van der Waals surface area contributed by atoms with E-state index in [1.807, 2.05) is 0 Å². The molecule has 2 fully saturated rings. The lowest BCUT2D eigenvalue weighted by Crippen LogP contribution is -2.52. The van der Waals surface area contributed by atoms with Crippen molar-refractivity contribution >= 4 is 35.2 Å². The van der Waals surface area contributed by atoms with Gasteiger partial charge in [0.05, 0.1) is 5.75 Å². The van der Waals surface area contributed by atoms with Gasteiger partial charge in [0.1, 0.15) is 6.10 Å². The average molecular weight is 460 g/mol. The lowest BCUT2D eigenvalue weighted by atomic mass is 10.1. The molecule has 2 aliphatic rings. The molecule has 0 bridgehead atoms. The number of nitrogens with zero attached hydrogens (tertiary/aromatic N) is 6. The smallest absolute Gasteiger partial charge is 0.253 e. The van der Waals surface area contributed by atoms with Gasteiger partial charge in [0.15, 0.2) is 0 Å². The molecule has 4 rings (SSSR count). The Morgan fingerprint density at radius 3 is 2.47 bits per heavy atom. The molecule has 32 heavy (non-hydrogen) atoms. The standard InChI is InChI=1S/C20H25N7O4S/c1-25-20(22-23-24-25)32-13-17(28)21-15-6-4-14(5-7-15)18(29)26-8-10-27(11-9-26)19(30)16-3-2-12-31-16/h4-7,16H,2-3,8-13H2,1H3,(H,21,28). The van der Waals surface area contributed by atoms with Gasteiger partial charge >= 0.3 is 0 Å². The normalized spacial score (nSPS) is 18.6. The van der Waals surface area contributed by atoms with Crippen molar-refractivity contribution in [2.45, 2.75) is 24.1 Å². The summed E-state index contributed by atoms with van der Waals surface area (Å²) < 4.78 is 6.97. The van der Waals surface area contributed by atoms with Gasteiger partial charge in [-0.15, -0.1) is 5.10 Å². The van der Waals surface area contributed by atoms with E-state index in [-0.39, 0.29) is 29.6 Å². The Hall–Kier alpha value is -2.99. The van der Waals surface area contributed by atoms with Crippen LogP contribution in [0.4, 0.5) is 5.69 Å². The van der Waals surface area contributed by atoms with Gasteiger partial charge in [-0.2, -0.15) is 0 Å². The minimum atomic E-state index is -0.324. The summed E-state index contributed by atoms with van der Waals surface area (Å²) in [6, 6.07) is 6.80.